The zero-order valence-electron chi connectivity index (χ0n) is 23.2. The summed E-state index contributed by atoms with van der Waals surface area (Å²) in [4.78, 5) is 0. The molecule has 1 aliphatic carbocycles. The van der Waals surface area contributed by atoms with Crippen LogP contribution < -0.4 is 34.4 Å². The number of ether oxygens (including phenoxy) is 7. The first-order chi connectivity index (χ1) is 19.5. The topological polar surface area (TPSA) is 302 Å². The molecular formula is C24H48N6O11. The summed E-state index contributed by atoms with van der Waals surface area (Å²) in [6, 6.07) is -2.75. The lowest BCUT2D eigenvalue weighted by Crippen LogP contribution is -2.66. The van der Waals surface area contributed by atoms with Gasteiger partial charge in [-0.25, -0.2) is 0 Å². The zero-order chi connectivity index (χ0) is 30.0. The number of hydrogen-bond acceptors (Lipinski definition) is 17. The molecule has 17 nitrogen and oxygen atoms in total. The maximum atomic E-state index is 11.2. The van der Waals surface area contributed by atoms with E-state index in [0.29, 0.717) is 25.8 Å². The highest BCUT2D eigenvalue weighted by Crippen LogP contribution is 2.34. The summed E-state index contributed by atoms with van der Waals surface area (Å²) < 4.78 is 41.5. The predicted molar refractivity (Wildman–Crippen MR) is 140 cm³/mol. The molecule has 3 saturated heterocycles. The van der Waals surface area contributed by atoms with Crippen LogP contribution in [0.1, 0.15) is 19.3 Å². The van der Waals surface area contributed by atoms with Crippen molar-refractivity contribution in [1.82, 2.24) is 0 Å². The van der Waals surface area contributed by atoms with Crippen LogP contribution in [-0.4, -0.2) is 151 Å². The van der Waals surface area contributed by atoms with Crippen LogP contribution in [-0.2, 0) is 33.2 Å². The van der Waals surface area contributed by atoms with E-state index in [2.05, 4.69) is 0 Å². The molecule has 0 aromatic rings. The summed E-state index contributed by atoms with van der Waals surface area (Å²) in [7, 11) is 1.46. The quantitative estimate of drug-likeness (QED) is 0.112. The fraction of sp³-hybridized carbons (Fsp3) is 1.00. The Morgan fingerprint density at radius 3 is 1.93 bits per heavy atom. The van der Waals surface area contributed by atoms with Gasteiger partial charge in [0.25, 0.3) is 0 Å². The first-order valence-corrected chi connectivity index (χ1v) is 14.1. The molecule has 3 heterocycles. The van der Waals surface area contributed by atoms with Crippen LogP contribution >= 0.6 is 0 Å². The summed E-state index contributed by atoms with van der Waals surface area (Å²) in [6.45, 7) is -0.374. The minimum absolute atomic E-state index is 0.119. The molecule has 0 radical (unpaired) electrons. The van der Waals surface area contributed by atoms with E-state index in [4.69, 9.17) is 67.6 Å². The van der Waals surface area contributed by atoms with Gasteiger partial charge in [-0.2, -0.15) is 0 Å². The standard InChI is InChI=1S/C24H48N6O11/c1-35-18-10(28)4-11(29)19(39-22-9(27)3-2-8(5-25)36-22)21(18)41-24-17(34)20(13(7-31)38-24)40-23-14(30)16(33)15(32)12(6-26)37-23/h8-24,31-34H,2-7,25-30H2,1H3/t8-,9+,10+,11-,12-,13+,14+,15+,16+,17+,18-,19+,20+,21+,22+,23+,24-/m0/s1. The highest BCUT2D eigenvalue weighted by molar-refractivity contribution is 5.02. The van der Waals surface area contributed by atoms with Gasteiger partial charge in [-0.3, -0.25) is 0 Å². The SMILES string of the molecule is CO[C@@H]1[C@@H](O[C@@H]2O[C@H](CO)[C@@H](O[C@H]3O[C@@H](CN)[C@@H](O)[C@H](O)[C@H]3N)[C@H]2O)[C@H](O[C@H]2O[C@H](CN)CC[C@H]2N)[C@@H](N)C[C@H]1N. The summed E-state index contributed by atoms with van der Waals surface area (Å²) in [5, 5.41) is 41.7. The van der Waals surface area contributed by atoms with Crippen LogP contribution in [0.3, 0.4) is 0 Å². The van der Waals surface area contributed by atoms with Gasteiger partial charge >= 0.3 is 0 Å². The zero-order valence-corrected chi connectivity index (χ0v) is 23.2. The predicted octanol–water partition coefficient (Wildman–Crippen LogP) is -6.18. The fourth-order valence-corrected chi connectivity index (χ4v) is 5.95. The van der Waals surface area contributed by atoms with Crippen LogP contribution in [0.4, 0.5) is 0 Å². The molecule has 0 spiro atoms. The minimum Gasteiger partial charge on any atom is -0.394 e. The van der Waals surface area contributed by atoms with E-state index >= 15 is 0 Å². The molecule has 4 fully saturated rings. The van der Waals surface area contributed by atoms with Gasteiger partial charge in [-0.1, -0.05) is 0 Å². The van der Waals surface area contributed by atoms with Gasteiger partial charge in [0, 0.05) is 32.3 Å². The molecule has 0 aromatic heterocycles. The molecule has 4 rings (SSSR count). The molecular weight excluding hydrogens is 548 g/mol. The van der Waals surface area contributed by atoms with Gasteiger partial charge in [0.2, 0.25) is 0 Å². The Balaban J connectivity index is 1.50. The molecule has 0 unspecified atom stereocenters. The van der Waals surface area contributed by atoms with Crippen molar-refractivity contribution >= 4 is 0 Å². The van der Waals surface area contributed by atoms with E-state index in [-0.39, 0.29) is 12.6 Å². The summed E-state index contributed by atoms with van der Waals surface area (Å²) in [5.41, 5.74) is 36.6. The number of nitrogens with two attached hydrogens (primary N) is 6. The molecule has 16 N–H and O–H groups in total. The molecule has 1 saturated carbocycles. The van der Waals surface area contributed by atoms with Crippen LogP contribution in [0.25, 0.3) is 0 Å². The monoisotopic (exact) mass is 596 g/mol. The van der Waals surface area contributed by atoms with Crippen LogP contribution in [0.5, 0.6) is 0 Å². The first-order valence-electron chi connectivity index (χ1n) is 14.1. The third kappa shape index (κ3) is 7.02. The third-order valence-corrected chi connectivity index (χ3v) is 8.39. The number of hydrogen-bond donors (Lipinski definition) is 10. The van der Waals surface area contributed by atoms with Crippen molar-refractivity contribution < 1.29 is 53.6 Å². The first kappa shape index (κ1) is 33.2. The van der Waals surface area contributed by atoms with Gasteiger partial charge < -0.3 is 88.0 Å². The molecule has 4 aliphatic rings. The van der Waals surface area contributed by atoms with E-state index < -0.39 is 105 Å². The second-order valence-electron chi connectivity index (χ2n) is 11.2. The summed E-state index contributed by atoms with van der Waals surface area (Å²) in [5.74, 6) is 0. The fourth-order valence-electron chi connectivity index (χ4n) is 5.95. The number of aliphatic hydroxyl groups excluding tert-OH is 4. The average molecular weight is 597 g/mol. The lowest BCUT2D eigenvalue weighted by Gasteiger charge is -2.46. The minimum atomic E-state index is -1.47. The van der Waals surface area contributed by atoms with Crippen molar-refractivity contribution in [2.75, 3.05) is 26.8 Å². The number of rotatable bonds is 10. The maximum absolute atomic E-state index is 11.2. The number of methoxy groups -OCH3 is 1. The molecule has 240 valence electrons. The molecule has 0 aromatic carbocycles. The van der Waals surface area contributed by atoms with Gasteiger partial charge in [-0.05, 0) is 19.3 Å². The van der Waals surface area contributed by atoms with E-state index in [9.17, 15) is 20.4 Å². The van der Waals surface area contributed by atoms with Gasteiger partial charge in [-0.15, -0.1) is 0 Å². The van der Waals surface area contributed by atoms with E-state index in [0.717, 1.165) is 0 Å². The molecule has 17 heteroatoms. The molecule has 3 aliphatic heterocycles. The average Bonchev–Trinajstić information content (AvgIpc) is 3.25. The van der Waals surface area contributed by atoms with Crippen LogP contribution in [0, 0.1) is 0 Å². The Morgan fingerprint density at radius 2 is 1.29 bits per heavy atom. The van der Waals surface area contributed by atoms with Gasteiger partial charge in [0.15, 0.2) is 18.9 Å². The molecule has 17 atom stereocenters. The van der Waals surface area contributed by atoms with Gasteiger partial charge in [0.05, 0.1) is 24.8 Å². The third-order valence-electron chi connectivity index (χ3n) is 8.39. The lowest BCUT2D eigenvalue weighted by molar-refractivity contribution is -0.290. The summed E-state index contributed by atoms with van der Waals surface area (Å²) >= 11 is 0. The molecule has 41 heavy (non-hydrogen) atoms. The highest BCUT2D eigenvalue weighted by Gasteiger charge is 2.54. The second-order valence-corrected chi connectivity index (χ2v) is 11.2. The number of aliphatic hydroxyl groups is 4. The smallest absolute Gasteiger partial charge is 0.187 e. The Bertz CT molecular complexity index is 822. The summed E-state index contributed by atoms with van der Waals surface area (Å²) in [6.07, 6.45) is -11.9. The largest absolute Gasteiger partial charge is 0.394 e. The lowest BCUT2D eigenvalue weighted by atomic mass is 9.84. The van der Waals surface area contributed by atoms with Crippen LogP contribution in [0.15, 0.2) is 0 Å². The van der Waals surface area contributed by atoms with Crippen LogP contribution in [0.2, 0.25) is 0 Å². The molecule has 0 bridgehead atoms. The van der Waals surface area contributed by atoms with Crippen molar-refractivity contribution in [3.05, 3.63) is 0 Å². The maximum Gasteiger partial charge on any atom is 0.187 e. The van der Waals surface area contributed by atoms with Crippen molar-refractivity contribution in [2.45, 2.75) is 123 Å². The Kier molecular flexibility index (Phi) is 11.7. The molecule has 0 amide bonds. The van der Waals surface area contributed by atoms with Crippen molar-refractivity contribution in [1.29, 1.82) is 0 Å². The van der Waals surface area contributed by atoms with E-state index in [1.54, 1.807) is 0 Å². The van der Waals surface area contributed by atoms with E-state index in [1.165, 1.54) is 7.11 Å². The van der Waals surface area contributed by atoms with Crippen molar-refractivity contribution in [3.63, 3.8) is 0 Å². The Labute approximate surface area is 238 Å². The Morgan fingerprint density at radius 1 is 0.659 bits per heavy atom. The van der Waals surface area contributed by atoms with E-state index in [1.807, 2.05) is 0 Å². The Hall–Kier alpha value is -0.680. The van der Waals surface area contributed by atoms with Crippen molar-refractivity contribution in [2.24, 2.45) is 34.4 Å². The van der Waals surface area contributed by atoms with Crippen molar-refractivity contribution in [3.8, 4) is 0 Å². The van der Waals surface area contributed by atoms with Gasteiger partial charge in [0.1, 0.15) is 54.9 Å². The second kappa shape index (κ2) is 14.4. The highest BCUT2D eigenvalue weighted by atomic mass is 16.8. The normalized spacial score (nSPS) is 51.1.